The highest BCUT2D eigenvalue weighted by molar-refractivity contribution is 5.69. The first-order chi connectivity index (χ1) is 16.4. The Morgan fingerprint density at radius 2 is 2.24 bits per heavy atom. The average molecular weight is 471 g/mol. The first-order valence-electron chi connectivity index (χ1n) is 11.3. The molecule has 4 fully saturated rings. The van der Waals surface area contributed by atoms with Gasteiger partial charge in [-0.15, -0.1) is 0 Å². The van der Waals surface area contributed by atoms with Crippen LogP contribution in [0.1, 0.15) is 42.3 Å². The van der Waals surface area contributed by atoms with E-state index < -0.39 is 24.5 Å². The normalized spacial score (nSPS) is 29.5. The number of aromatic nitrogens is 5. The molecule has 12 heteroatoms. The van der Waals surface area contributed by atoms with Gasteiger partial charge in [-0.25, -0.2) is 19.2 Å². The van der Waals surface area contributed by atoms with Crippen LogP contribution < -0.4 is 10.6 Å². The lowest BCUT2D eigenvalue weighted by Crippen LogP contribution is -2.68. The molecule has 4 heterocycles. The molecule has 3 aromatic rings. The number of halogens is 1. The molecule has 3 saturated carbocycles. The number of H-pyrrole nitrogens is 1. The average Bonchev–Trinajstić information content (AvgIpc) is 3.47. The van der Waals surface area contributed by atoms with Crippen molar-refractivity contribution in [3.05, 3.63) is 35.4 Å². The number of hydrogen-bond donors (Lipinski definition) is 3. The minimum atomic E-state index is -1.51. The van der Waals surface area contributed by atoms with Crippen molar-refractivity contribution in [2.75, 3.05) is 19.0 Å². The Labute approximate surface area is 194 Å². The summed E-state index contributed by atoms with van der Waals surface area (Å²) in [7, 11) is 1.61. The van der Waals surface area contributed by atoms with Gasteiger partial charge in [0.15, 0.2) is 18.1 Å². The molecule has 4 aliphatic rings. The van der Waals surface area contributed by atoms with E-state index in [0.29, 0.717) is 24.1 Å². The van der Waals surface area contributed by atoms with Crippen LogP contribution in [0.15, 0.2) is 18.5 Å². The van der Waals surface area contributed by atoms with Crippen LogP contribution in [0, 0.1) is 12.8 Å². The third-order valence-corrected chi connectivity index (χ3v) is 6.90. The Morgan fingerprint density at radius 1 is 1.41 bits per heavy atom. The number of aryl methyl sites for hydroxylation is 1. The van der Waals surface area contributed by atoms with Crippen molar-refractivity contribution in [2.24, 2.45) is 5.92 Å². The van der Waals surface area contributed by atoms with Crippen molar-refractivity contribution in [1.82, 2.24) is 29.9 Å². The molecule has 11 nitrogen and oxygen atoms in total. The number of rotatable bonds is 7. The van der Waals surface area contributed by atoms with E-state index in [9.17, 15) is 4.79 Å². The van der Waals surface area contributed by atoms with Crippen LogP contribution in [0.5, 0.6) is 0 Å². The predicted octanol–water partition coefficient (Wildman–Crippen LogP) is 2.71. The fraction of sp³-hybridized carbons (Fsp3) is 0.545. The van der Waals surface area contributed by atoms with E-state index in [1.165, 1.54) is 0 Å². The second-order valence-corrected chi connectivity index (χ2v) is 9.48. The van der Waals surface area contributed by atoms with Crippen LogP contribution in [-0.2, 0) is 20.8 Å². The summed E-state index contributed by atoms with van der Waals surface area (Å²) >= 11 is 0. The largest absolute Gasteiger partial charge is 0.441 e. The molecule has 1 saturated heterocycles. The number of fused-ring (bicyclic) bond motifs is 1. The highest BCUT2D eigenvalue weighted by atomic mass is 19.1. The Bertz CT molecular complexity index is 1230. The lowest BCUT2D eigenvalue weighted by Gasteiger charge is -2.61. The number of imidazole rings is 1. The maximum atomic E-state index is 15.1. The third-order valence-electron chi connectivity index (χ3n) is 6.90. The van der Waals surface area contributed by atoms with Gasteiger partial charge in [0, 0.05) is 36.7 Å². The topological polar surface area (TPSA) is 128 Å². The Balaban J connectivity index is 1.12. The van der Waals surface area contributed by atoms with Crippen molar-refractivity contribution < 1.29 is 23.4 Å². The van der Waals surface area contributed by atoms with E-state index in [4.69, 9.17) is 14.2 Å². The Hall–Kier alpha value is -3.25. The van der Waals surface area contributed by atoms with Crippen LogP contribution >= 0.6 is 0 Å². The zero-order valence-corrected chi connectivity index (χ0v) is 18.9. The lowest BCUT2D eigenvalue weighted by molar-refractivity contribution is -0.0528. The minimum Gasteiger partial charge on any atom is -0.441 e. The summed E-state index contributed by atoms with van der Waals surface area (Å²) in [5, 5.41) is 13.0. The molecule has 7 rings (SSSR count). The molecule has 1 amide bonds. The molecule has 180 valence electrons. The number of methoxy groups -OCH3 is 1. The third kappa shape index (κ3) is 3.57. The number of nitrogens with zero attached hydrogens (tertiary/aromatic N) is 4. The zero-order valence-electron chi connectivity index (χ0n) is 18.9. The second-order valence-electron chi connectivity index (χ2n) is 9.48. The summed E-state index contributed by atoms with van der Waals surface area (Å²) in [4.78, 5) is 21.2. The van der Waals surface area contributed by atoms with Gasteiger partial charge < -0.3 is 24.8 Å². The summed E-state index contributed by atoms with van der Waals surface area (Å²) in [6, 6.07) is 1.65. The van der Waals surface area contributed by atoms with E-state index in [2.05, 4.69) is 30.8 Å². The number of nitrogens with one attached hydrogen (secondary N) is 3. The summed E-state index contributed by atoms with van der Waals surface area (Å²) in [6.07, 6.45) is 2.55. The van der Waals surface area contributed by atoms with Crippen molar-refractivity contribution in [3.8, 4) is 0 Å². The maximum Gasteiger partial charge on any atom is 0.408 e. The lowest BCUT2D eigenvalue weighted by atomic mass is 9.50. The number of alkyl halides is 1. The van der Waals surface area contributed by atoms with Crippen molar-refractivity contribution >= 4 is 23.5 Å². The molecule has 0 unspecified atom stereocenters. The highest BCUT2D eigenvalue weighted by Crippen LogP contribution is 2.57. The van der Waals surface area contributed by atoms with Gasteiger partial charge >= 0.3 is 6.09 Å². The summed E-state index contributed by atoms with van der Waals surface area (Å²) in [5.74, 6) is 1.67. The van der Waals surface area contributed by atoms with Crippen molar-refractivity contribution in [3.63, 3.8) is 0 Å². The fourth-order valence-corrected chi connectivity index (χ4v) is 5.07. The maximum absolute atomic E-state index is 15.1. The van der Waals surface area contributed by atoms with E-state index in [0.717, 1.165) is 42.1 Å². The summed E-state index contributed by atoms with van der Waals surface area (Å²) < 4.78 is 33.0. The van der Waals surface area contributed by atoms with E-state index in [1.807, 2.05) is 17.5 Å². The first kappa shape index (κ1) is 21.3. The van der Waals surface area contributed by atoms with Crippen LogP contribution in [0.2, 0.25) is 0 Å². The zero-order chi connectivity index (χ0) is 23.4. The van der Waals surface area contributed by atoms with Crippen LogP contribution in [0.25, 0.3) is 5.65 Å². The standard InChI is InChI=1S/C22H26FN7O4/c1-11-7-24-20(30-8-13(9-32-2)25-19(11)30)26-16-3-14(28-29-16)18-17(23)15(10-33-18)34-21(31)27-22-4-12(5-22)6-22/h3,7-8,12,15,17-18H,4-6,9-10H2,1-2H3,(H,27,31)(H2,24,26,28,29)/t12?,15-,17+,18-,22?/m0/s1. The number of ether oxygens (including phenoxy) is 3. The predicted molar refractivity (Wildman–Crippen MR) is 117 cm³/mol. The van der Waals surface area contributed by atoms with Gasteiger partial charge in [0.2, 0.25) is 5.95 Å². The number of anilines is 2. The van der Waals surface area contributed by atoms with E-state index in [1.54, 1.807) is 19.4 Å². The fourth-order valence-electron chi connectivity index (χ4n) is 5.07. The molecule has 3 N–H and O–H groups in total. The molecule has 3 atom stereocenters. The van der Waals surface area contributed by atoms with Crippen LogP contribution in [-0.4, -0.2) is 62.2 Å². The molecular formula is C22H26FN7O4. The Kier molecular flexibility index (Phi) is 4.96. The molecule has 0 aromatic carbocycles. The monoisotopic (exact) mass is 471 g/mol. The van der Waals surface area contributed by atoms with Gasteiger partial charge in [0.1, 0.15) is 11.8 Å². The smallest absolute Gasteiger partial charge is 0.408 e. The molecule has 1 aliphatic heterocycles. The van der Waals surface area contributed by atoms with Gasteiger partial charge in [-0.1, -0.05) is 0 Å². The summed E-state index contributed by atoms with van der Waals surface area (Å²) in [5.41, 5.74) is 2.76. The molecule has 0 radical (unpaired) electrons. The van der Waals surface area contributed by atoms with E-state index >= 15 is 4.39 Å². The number of aromatic amines is 1. The second kappa shape index (κ2) is 7.91. The van der Waals surface area contributed by atoms with Crippen molar-refractivity contribution in [2.45, 2.75) is 56.7 Å². The van der Waals surface area contributed by atoms with Gasteiger partial charge in [-0.05, 0) is 32.1 Å². The van der Waals surface area contributed by atoms with Crippen LogP contribution in [0.3, 0.4) is 0 Å². The minimum absolute atomic E-state index is 0.0197. The number of alkyl carbamates (subject to hydrolysis) is 1. The SMILES string of the molecule is COCc1cn2c(Nc3cc([C@@H]4OC[C@H](OC(=O)NC56CC(C5)C6)[C@H]4F)[nH]n3)ncc(C)c2n1. The molecule has 3 aromatic heterocycles. The summed E-state index contributed by atoms with van der Waals surface area (Å²) in [6.45, 7) is 2.29. The van der Waals surface area contributed by atoms with Gasteiger partial charge in [-0.2, -0.15) is 5.10 Å². The number of amides is 1. The highest BCUT2D eigenvalue weighted by Gasteiger charge is 2.58. The van der Waals surface area contributed by atoms with Crippen LogP contribution in [0.4, 0.5) is 21.0 Å². The number of carbonyl (C=O) groups is 1. The molecule has 2 bridgehead atoms. The quantitative estimate of drug-likeness (QED) is 0.480. The van der Waals surface area contributed by atoms with Gasteiger partial charge in [0.05, 0.1) is 24.6 Å². The number of carbonyl (C=O) groups excluding carboxylic acids is 1. The molecule has 34 heavy (non-hydrogen) atoms. The number of hydrogen-bond acceptors (Lipinski definition) is 8. The molecule has 0 spiro atoms. The van der Waals surface area contributed by atoms with Crippen molar-refractivity contribution in [1.29, 1.82) is 0 Å². The van der Waals surface area contributed by atoms with Gasteiger partial charge in [0.25, 0.3) is 0 Å². The first-order valence-corrected chi connectivity index (χ1v) is 11.3. The van der Waals surface area contributed by atoms with Gasteiger partial charge in [-0.3, -0.25) is 9.50 Å². The molecule has 3 aliphatic carbocycles. The molecular weight excluding hydrogens is 445 g/mol. The Morgan fingerprint density at radius 3 is 2.97 bits per heavy atom. The van der Waals surface area contributed by atoms with E-state index in [-0.39, 0.29) is 12.1 Å².